The van der Waals surface area contributed by atoms with Gasteiger partial charge in [-0.05, 0) is 60.9 Å². The quantitative estimate of drug-likeness (QED) is 0.288. The normalized spacial score (nSPS) is 16.4. The van der Waals surface area contributed by atoms with Gasteiger partial charge in [-0.15, -0.1) is 21.5 Å². The van der Waals surface area contributed by atoms with Crippen LogP contribution in [0.25, 0.3) is 32.0 Å². The van der Waals surface area contributed by atoms with Crippen molar-refractivity contribution in [2.45, 2.75) is 38.6 Å². The molecule has 0 radical (unpaired) electrons. The third-order valence-electron chi connectivity index (χ3n) is 7.33. The van der Waals surface area contributed by atoms with Gasteiger partial charge in [-0.2, -0.15) is 0 Å². The summed E-state index contributed by atoms with van der Waals surface area (Å²) in [5, 5.41) is 10.2. The minimum absolute atomic E-state index is 0.00688. The molecule has 6 heterocycles. The van der Waals surface area contributed by atoms with Crippen LogP contribution in [0.1, 0.15) is 52.1 Å². The number of hydrogen-bond donors (Lipinski definition) is 1. The van der Waals surface area contributed by atoms with Crippen molar-refractivity contribution in [3.05, 3.63) is 76.0 Å². The van der Waals surface area contributed by atoms with Gasteiger partial charge in [-0.1, -0.05) is 23.7 Å². The van der Waals surface area contributed by atoms with Gasteiger partial charge in [0.05, 0.1) is 33.3 Å². The fourth-order valence-corrected chi connectivity index (χ4v) is 7.00. The van der Waals surface area contributed by atoms with E-state index < -0.39 is 0 Å². The number of benzene rings is 1. The van der Waals surface area contributed by atoms with Gasteiger partial charge in [0.15, 0.2) is 0 Å². The average molecular weight is 543 g/mol. The number of aryl methyl sites for hydroxylation is 3. The molecular formula is C28H23ClN6O2S. The molecular weight excluding hydrogens is 520 g/mol. The highest BCUT2D eigenvalue weighted by Gasteiger charge is 2.44. The van der Waals surface area contributed by atoms with Crippen LogP contribution in [-0.4, -0.2) is 37.5 Å². The first-order valence-electron chi connectivity index (χ1n) is 12.5. The number of pyridine rings is 2. The Labute approximate surface area is 227 Å². The Morgan fingerprint density at radius 3 is 2.84 bits per heavy atom. The standard InChI is InChI=1S/C28H23ClN6O2S/c1-14-33-34-27(37-14)21-18(8-7-15-4-2-5-17(29)12-15)32-24-19-6-3-11-35(19)28(36)23(24)22(21)20-13-16-9-10-31-26(30)25(16)38-20/h2,4-5,9-10,12-13,19H,3,6-8,11H2,1H3,(H2,30,31). The molecule has 0 saturated carbocycles. The Balaban J connectivity index is 1.50. The lowest BCUT2D eigenvalue weighted by Gasteiger charge is -2.16. The molecule has 7 rings (SSSR count). The molecule has 10 heteroatoms. The van der Waals surface area contributed by atoms with Crippen molar-refractivity contribution in [3.63, 3.8) is 0 Å². The van der Waals surface area contributed by atoms with Gasteiger partial charge in [0, 0.05) is 35.1 Å². The van der Waals surface area contributed by atoms with Gasteiger partial charge in [0.1, 0.15) is 5.82 Å². The van der Waals surface area contributed by atoms with Crippen LogP contribution >= 0.6 is 22.9 Å². The Morgan fingerprint density at radius 1 is 1.16 bits per heavy atom. The molecule has 8 nitrogen and oxygen atoms in total. The van der Waals surface area contributed by atoms with Crippen LogP contribution in [0.2, 0.25) is 5.02 Å². The number of nitrogens with zero attached hydrogens (tertiary/aromatic N) is 5. The number of fused-ring (bicyclic) bond motifs is 4. The van der Waals surface area contributed by atoms with Crippen LogP contribution in [0, 0.1) is 6.92 Å². The SMILES string of the molecule is Cc1nnc(-c2c(CCc3cccc(Cl)c3)nc3c(c2-c2cc4ccnc(N)c4s2)C(=O)N2CCCC32)o1. The highest BCUT2D eigenvalue weighted by Crippen LogP contribution is 2.50. The van der Waals surface area contributed by atoms with Gasteiger partial charge >= 0.3 is 0 Å². The van der Waals surface area contributed by atoms with Crippen molar-refractivity contribution < 1.29 is 9.21 Å². The van der Waals surface area contributed by atoms with E-state index >= 15 is 0 Å². The van der Waals surface area contributed by atoms with Crippen molar-refractivity contribution in [2.24, 2.45) is 0 Å². The Kier molecular flexibility index (Phi) is 5.45. The molecule has 2 N–H and O–H groups in total. The molecule has 1 aromatic carbocycles. The van der Waals surface area contributed by atoms with Crippen LogP contribution in [0.5, 0.6) is 0 Å². The molecule has 0 aliphatic carbocycles. The minimum atomic E-state index is -0.0132. The average Bonchev–Trinajstić information content (AvgIpc) is 3.68. The molecule has 38 heavy (non-hydrogen) atoms. The highest BCUT2D eigenvalue weighted by atomic mass is 35.5. The van der Waals surface area contributed by atoms with E-state index in [2.05, 4.69) is 27.3 Å². The number of halogens is 1. The van der Waals surface area contributed by atoms with Crippen LogP contribution in [0.3, 0.4) is 0 Å². The van der Waals surface area contributed by atoms with E-state index in [1.165, 1.54) is 11.3 Å². The zero-order chi connectivity index (χ0) is 26.0. The van der Waals surface area contributed by atoms with Crippen LogP contribution in [0.15, 0.2) is 47.0 Å². The monoisotopic (exact) mass is 542 g/mol. The second kappa shape index (κ2) is 8.89. The topological polar surface area (TPSA) is 111 Å². The number of nitrogens with two attached hydrogens (primary N) is 1. The molecule has 1 amide bonds. The molecule has 2 aliphatic rings. The van der Waals surface area contributed by atoms with E-state index in [9.17, 15) is 4.79 Å². The summed E-state index contributed by atoms with van der Waals surface area (Å²) >= 11 is 7.78. The number of carbonyl (C=O) groups excluding carboxylic acids is 1. The molecule has 0 spiro atoms. The van der Waals surface area contributed by atoms with Gasteiger partial charge in [0.2, 0.25) is 11.8 Å². The largest absolute Gasteiger partial charge is 0.421 e. The number of amides is 1. The van der Waals surface area contributed by atoms with Crippen LogP contribution in [0.4, 0.5) is 5.82 Å². The number of hydrogen-bond acceptors (Lipinski definition) is 8. The molecule has 5 aromatic rings. The van der Waals surface area contributed by atoms with Crippen molar-refractivity contribution >= 4 is 44.7 Å². The Bertz CT molecular complexity index is 1750. The number of thiophene rings is 1. The predicted molar refractivity (Wildman–Crippen MR) is 147 cm³/mol. The lowest BCUT2D eigenvalue weighted by atomic mass is 9.93. The van der Waals surface area contributed by atoms with Crippen molar-refractivity contribution in [3.8, 4) is 21.9 Å². The van der Waals surface area contributed by atoms with Crippen molar-refractivity contribution in [2.75, 3.05) is 12.3 Å². The molecule has 1 unspecified atom stereocenters. The third-order valence-corrected chi connectivity index (χ3v) is 8.76. The van der Waals surface area contributed by atoms with E-state index in [1.54, 1.807) is 13.1 Å². The van der Waals surface area contributed by atoms with E-state index in [4.69, 9.17) is 26.7 Å². The number of nitrogen functional groups attached to an aromatic ring is 1. The van der Waals surface area contributed by atoms with Gasteiger partial charge in [-0.25, -0.2) is 4.98 Å². The van der Waals surface area contributed by atoms with Crippen LogP contribution in [-0.2, 0) is 12.8 Å². The summed E-state index contributed by atoms with van der Waals surface area (Å²) in [6, 6.07) is 11.8. The number of rotatable bonds is 5. The van der Waals surface area contributed by atoms with Gasteiger partial charge in [-0.3, -0.25) is 9.78 Å². The zero-order valence-electron chi connectivity index (χ0n) is 20.6. The maximum absolute atomic E-state index is 13.8. The number of anilines is 1. The van der Waals surface area contributed by atoms with E-state index in [0.717, 1.165) is 63.3 Å². The summed E-state index contributed by atoms with van der Waals surface area (Å²) in [6.45, 7) is 2.49. The second-order valence-electron chi connectivity index (χ2n) is 9.71. The predicted octanol–water partition coefficient (Wildman–Crippen LogP) is 6.03. The van der Waals surface area contributed by atoms with E-state index in [1.807, 2.05) is 29.2 Å². The minimum Gasteiger partial charge on any atom is -0.421 e. The highest BCUT2D eigenvalue weighted by molar-refractivity contribution is 7.22. The molecule has 1 atom stereocenters. The molecule has 0 bridgehead atoms. The maximum Gasteiger partial charge on any atom is 0.257 e. The van der Waals surface area contributed by atoms with Crippen molar-refractivity contribution in [1.29, 1.82) is 0 Å². The summed E-state index contributed by atoms with van der Waals surface area (Å²) in [5.74, 6) is 1.28. The Morgan fingerprint density at radius 2 is 2.05 bits per heavy atom. The summed E-state index contributed by atoms with van der Waals surface area (Å²) in [5.41, 5.74) is 11.1. The number of carbonyl (C=O) groups is 1. The number of aromatic nitrogens is 4. The van der Waals surface area contributed by atoms with E-state index in [0.29, 0.717) is 40.2 Å². The fourth-order valence-electron chi connectivity index (χ4n) is 5.67. The Hall–Kier alpha value is -3.82. The molecule has 2 aliphatic heterocycles. The van der Waals surface area contributed by atoms with Gasteiger partial charge in [0.25, 0.3) is 5.91 Å². The maximum atomic E-state index is 13.8. The first-order valence-corrected chi connectivity index (χ1v) is 13.7. The second-order valence-corrected chi connectivity index (χ2v) is 11.2. The van der Waals surface area contributed by atoms with E-state index in [-0.39, 0.29) is 11.9 Å². The zero-order valence-corrected chi connectivity index (χ0v) is 22.1. The molecule has 190 valence electrons. The first-order chi connectivity index (χ1) is 18.5. The summed E-state index contributed by atoms with van der Waals surface area (Å²) < 4.78 is 6.87. The lowest BCUT2D eigenvalue weighted by molar-refractivity contribution is 0.0776. The van der Waals surface area contributed by atoms with Crippen LogP contribution < -0.4 is 5.73 Å². The molecule has 1 saturated heterocycles. The van der Waals surface area contributed by atoms with Crippen molar-refractivity contribution in [1.82, 2.24) is 25.1 Å². The van der Waals surface area contributed by atoms with Gasteiger partial charge < -0.3 is 15.1 Å². The lowest BCUT2D eigenvalue weighted by Crippen LogP contribution is -2.22. The fraction of sp³-hybridized carbons (Fsp3) is 0.250. The molecule has 1 fully saturated rings. The third kappa shape index (κ3) is 3.68. The molecule has 4 aromatic heterocycles. The first kappa shape index (κ1) is 23.3. The summed E-state index contributed by atoms with van der Waals surface area (Å²) in [6.07, 6.45) is 4.91. The smallest absolute Gasteiger partial charge is 0.257 e. The summed E-state index contributed by atoms with van der Waals surface area (Å²) in [4.78, 5) is 26.1. The summed E-state index contributed by atoms with van der Waals surface area (Å²) in [7, 11) is 0.